The van der Waals surface area contributed by atoms with Crippen molar-refractivity contribution in [3.63, 3.8) is 0 Å². The molecule has 78 valence electrons. The smallest absolute Gasteiger partial charge is 0.345 e. The summed E-state index contributed by atoms with van der Waals surface area (Å²) < 4.78 is 0. The van der Waals surface area contributed by atoms with Gasteiger partial charge >= 0.3 is 12.0 Å². The first-order valence-electron chi connectivity index (χ1n) is 4.11. The number of carbonyl (C=O) groups is 2. The summed E-state index contributed by atoms with van der Waals surface area (Å²) in [6.07, 6.45) is 0.456. The van der Waals surface area contributed by atoms with Crippen molar-refractivity contribution in [3.05, 3.63) is 0 Å². The zero-order chi connectivity index (χ0) is 10.7. The normalized spacial score (nSPS) is 19.1. The number of rotatable bonds is 3. The van der Waals surface area contributed by atoms with Gasteiger partial charge in [0.2, 0.25) is 0 Å². The SMILES string of the molecule is NC1=NC(=O)N(C[C@H](N)C(=O)O)CC1. The first kappa shape index (κ1) is 10.5. The lowest BCUT2D eigenvalue weighted by molar-refractivity contribution is -0.138. The third-order valence-corrected chi connectivity index (χ3v) is 1.88. The molecule has 14 heavy (non-hydrogen) atoms. The summed E-state index contributed by atoms with van der Waals surface area (Å²) in [5.41, 5.74) is 10.6. The Labute approximate surface area is 80.4 Å². The average Bonchev–Trinajstić information content (AvgIpc) is 2.09. The van der Waals surface area contributed by atoms with Crippen LogP contribution in [0.2, 0.25) is 0 Å². The number of urea groups is 1. The third-order valence-electron chi connectivity index (χ3n) is 1.88. The highest BCUT2D eigenvalue weighted by atomic mass is 16.4. The number of nitrogens with two attached hydrogens (primary N) is 2. The lowest BCUT2D eigenvalue weighted by Crippen LogP contribution is -2.47. The second-order valence-corrected chi connectivity index (χ2v) is 3.03. The van der Waals surface area contributed by atoms with Gasteiger partial charge in [0.25, 0.3) is 0 Å². The molecule has 0 aliphatic carbocycles. The van der Waals surface area contributed by atoms with E-state index in [1.54, 1.807) is 0 Å². The molecule has 0 saturated carbocycles. The number of carboxylic acids is 1. The van der Waals surface area contributed by atoms with E-state index >= 15 is 0 Å². The van der Waals surface area contributed by atoms with E-state index in [-0.39, 0.29) is 12.4 Å². The van der Waals surface area contributed by atoms with Gasteiger partial charge in [0.1, 0.15) is 11.9 Å². The Kier molecular flexibility index (Phi) is 3.03. The molecule has 1 aliphatic heterocycles. The number of hydrogen-bond acceptors (Lipinski definition) is 4. The molecule has 0 aromatic heterocycles. The van der Waals surface area contributed by atoms with Gasteiger partial charge in [-0.1, -0.05) is 0 Å². The van der Waals surface area contributed by atoms with Gasteiger partial charge in [-0.15, -0.1) is 0 Å². The number of amidine groups is 1. The van der Waals surface area contributed by atoms with Crippen LogP contribution in [0.1, 0.15) is 6.42 Å². The topological polar surface area (TPSA) is 122 Å². The Morgan fingerprint density at radius 2 is 2.36 bits per heavy atom. The Balaban J connectivity index is 2.55. The van der Waals surface area contributed by atoms with Crippen LogP contribution in [-0.4, -0.2) is 47.0 Å². The molecule has 1 aliphatic rings. The minimum atomic E-state index is -1.14. The number of aliphatic imine (C=N–C) groups is 1. The number of carboxylic acid groups (broad SMARTS) is 1. The fourth-order valence-corrected chi connectivity index (χ4v) is 1.08. The number of aliphatic carboxylic acids is 1. The molecule has 0 aromatic rings. The zero-order valence-electron chi connectivity index (χ0n) is 7.51. The highest BCUT2D eigenvalue weighted by molar-refractivity contribution is 5.95. The summed E-state index contributed by atoms with van der Waals surface area (Å²) in [4.78, 5) is 26.4. The van der Waals surface area contributed by atoms with Crippen LogP contribution in [0.4, 0.5) is 4.79 Å². The van der Waals surface area contributed by atoms with Crippen molar-refractivity contribution in [1.82, 2.24) is 4.90 Å². The van der Waals surface area contributed by atoms with Gasteiger partial charge in [0.05, 0.1) is 0 Å². The van der Waals surface area contributed by atoms with Gasteiger partial charge in [0, 0.05) is 19.5 Å². The maximum absolute atomic E-state index is 11.2. The molecule has 5 N–H and O–H groups in total. The molecule has 0 radical (unpaired) electrons. The van der Waals surface area contributed by atoms with Gasteiger partial charge in [-0.25, -0.2) is 4.79 Å². The largest absolute Gasteiger partial charge is 0.480 e. The molecule has 7 heteroatoms. The lowest BCUT2D eigenvalue weighted by Gasteiger charge is -2.25. The molecule has 1 rings (SSSR count). The molecule has 0 bridgehead atoms. The second-order valence-electron chi connectivity index (χ2n) is 3.03. The molecular formula is C7H12N4O3. The zero-order valence-corrected chi connectivity index (χ0v) is 7.51. The van der Waals surface area contributed by atoms with Crippen molar-refractivity contribution in [3.8, 4) is 0 Å². The number of nitrogens with zero attached hydrogens (tertiary/aromatic N) is 2. The predicted molar refractivity (Wildman–Crippen MR) is 48.8 cm³/mol. The second kappa shape index (κ2) is 4.05. The van der Waals surface area contributed by atoms with Crippen LogP contribution in [0, 0.1) is 0 Å². The Morgan fingerprint density at radius 1 is 1.71 bits per heavy atom. The average molecular weight is 200 g/mol. The number of carbonyl (C=O) groups excluding carboxylic acids is 1. The monoisotopic (exact) mass is 200 g/mol. The molecule has 0 spiro atoms. The molecule has 0 fully saturated rings. The van der Waals surface area contributed by atoms with E-state index in [0.717, 1.165) is 0 Å². The van der Waals surface area contributed by atoms with E-state index in [0.29, 0.717) is 13.0 Å². The molecule has 2 amide bonds. The van der Waals surface area contributed by atoms with E-state index in [4.69, 9.17) is 16.6 Å². The summed E-state index contributed by atoms with van der Waals surface area (Å²) >= 11 is 0. The van der Waals surface area contributed by atoms with Crippen LogP contribution in [0.5, 0.6) is 0 Å². The maximum atomic E-state index is 11.2. The lowest BCUT2D eigenvalue weighted by atomic mass is 10.2. The summed E-state index contributed by atoms with van der Waals surface area (Å²) in [5, 5.41) is 8.53. The minimum absolute atomic E-state index is 0.0368. The Bertz CT molecular complexity index is 289. The maximum Gasteiger partial charge on any atom is 0.345 e. The molecule has 7 nitrogen and oxygen atoms in total. The molecule has 0 saturated heterocycles. The highest BCUT2D eigenvalue weighted by Gasteiger charge is 2.23. The van der Waals surface area contributed by atoms with Gasteiger partial charge in [-0.05, 0) is 0 Å². The molecule has 0 unspecified atom stereocenters. The van der Waals surface area contributed by atoms with E-state index in [9.17, 15) is 9.59 Å². The van der Waals surface area contributed by atoms with Crippen molar-refractivity contribution >= 4 is 17.8 Å². The molecule has 0 aromatic carbocycles. The third kappa shape index (κ3) is 2.43. The van der Waals surface area contributed by atoms with Crippen LogP contribution >= 0.6 is 0 Å². The van der Waals surface area contributed by atoms with Crippen molar-refractivity contribution in [1.29, 1.82) is 0 Å². The standard InChI is InChI=1S/C7H12N4O3/c8-4(6(12)13)3-11-2-1-5(9)10-7(11)14/h4H,1-3,8H2,(H,12,13)(H2,9,10,14)/t4-/m0/s1. The number of amides is 2. The highest BCUT2D eigenvalue weighted by Crippen LogP contribution is 2.03. The molecule has 1 heterocycles. The van der Waals surface area contributed by atoms with Gasteiger partial charge in [-0.2, -0.15) is 4.99 Å². The van der Waals surface area contributed by atoms with E-state index in [2.05, 4.69) is 4.99 Å². The van der Waals surface area contributed by atoms with Crippen LogP contribution in [0.25, 0.3) is 0 Å². The van der Waals surface area contributed by atoms with Gasteiger partial charge in [0.15, 0.2) is 0 Å². The van der Waals surface area contributed by atoms with Crippen molar-refractivity contribution in [2.75, 3.05) is 13.1 Å². The summed E-state index contributed by atoms with van der Waals surface area (Å²) in [7, 11) is 0. The predicted octanol–water partition coefficient (Wildman–Crippen LogP) is -1.42. The van der Waals surface area contributed by atoms with Crippen LogP contribution in [-0.2, 0) is 4.79 Å². The fourth-order valence-electron chi connectivity index (χ4n) is 1.08. The molecule has 1 atom stereocenters. The number of hydrogen-bond donors (Lipinski definition) is 3. The van der Waals surface area contributed by atoms with E-state index < -0.39 is 18.0 Å². The van der Waals surface area contributed by atoms with Crippen LogP contribution in [0.15, 0.2) is 4.99 Å². The summed E-state index contributed by atoms with van der Waals surface area (Å²) in [6, 6.07) is -1.60. The van der Waals surface area contributed by atoms with E-state index in [1.807, 2.05) is 0 Å². The van der Waals surface area contributed by atoms with Crippen LogP contribution in [0.3, 0.4) is 0 Å². The summed E-state index contributed by atoms with van der Waals surface area (Å²) in [6.45, 7) is 0.333. The first-order valence-corrected chi connectivity index (χ1v) is 4.11. The van der Waals surface area contributed by atoms with Crippen molar-refractivity contribution < 1.29 is 14.7 Å². The van der Waals surface area contributed by atoms with E-state index in [1.165, 1.54) is 4.90 Å². The van der Waals surface area contributed by atoms with Gasteiger partial charge in [-0.3, -0.25) is 4.79 Å². The van der Waals surface area contributed by atoms with Crippen molar-refractivity contribution in [2.45, 2.75) is 12.5 Å². The first-order chi connectivity index (χ1) is 6.50. The van der Waals surface area contributed by atoms with Crippen molar-refractivity contribution in [2.24, 2.45) is 16.5 Å². The van der Waals surface area contributed by atoms with Crippen LogP contribution < -0.4 is 11.5 Å². The van der Waals surface area contributed by atoms with Gasteiger partial charge < -0.3 is 21.5 Å². The Morgan fingerprint density at radius 3 is 2.86 bits per heavy atom. The quantitative estimate of drug-likeness (QED) is 0.516. The Hall–Kier alpha value is -1.63. The summed E-state index contributed by atoms with van der Waals surface area (Å²) in [5.74, 6) is -0.865. The molecular weight excluding hydrogens is 188 g/mol. The fraction of sp³-hybridized carbons (Fsp3) is 0.571. The minimum Gasteiger partial charge on any atom is -0.480 e.